The standard InChI is InChI=1S/C6H8ClFN2/c1-4(9)6(8)3-10-5(2)7/h3H,1,9H2,2H3/b6-3+,10-5+. The molecule has 56 valence electrons. The van der Waals surface area contributed by atoms with Crippen LogP contribution in [0.1, 0.15) is 6.92 Å². The molecule has 0 aromatic heterocycles. The van der Waals surface area contributed by atoms with E-state index in [9.17, 15) is 4.39 Å². The maximum atomic E-state index is 12.4. The molecule has 0 aromatic rings. The lowest BCUT2D eigenvalue weighted by molar-refractivity contribution is 0.646. The van der Waals surface area contributed by atoms with Crippen molar-refractivity contribution in [2.75, 3.05) is 0 Å². The SMILES string of the molecule is C=C(N)/C(F)=C\N=C(/C)Cl. The van der Waals surface area contributed by atoms with Crippen LogP contribution in [0.25, 0.3) is 0 Å². The number of aliphatic imine (C=N–C) groups is 1. The Morgan fingerprint density at radius 1 is 1.80 bits per heavy atom. The quantitative estimate of drug-likeness (QED) is 0.489. The zero-order chi connectivity index (χ0) is 8.15. The Hall–Kier alpha value is -0.830. The molecule has 4 heteroatoms. The molecule has 0 radical (unpaired) electrons. The van der Waals surface area contributed by atoms with E-state index in [1.807, 2.05) is 0 Å². The third-order valence-electron chi connectivity index (χ3n) is 0.663. The summed E-state index contributed by atoms with van der Waals surface area (Å²) in [6, 6.07) is 0. The van der Waals surface area contributed by atoms with E-state index < -0.39 is 5.83 Å². The fourth-order valence-corrected chi connectivity index (χ4v) is 0.277. The Balaban J connectivity index is 4.19. The highest BCUT2D eigenvalue weighted by molar-refractivity contribution is 6.64. The predicted octanol–water partition coefficient (Wildman–Crippen LogP) is 1.93. The highest BCUT2D eigenvalue weighted by Gasteiger charge is 1.92. The van der Waals surface area contributed by atoms with Crippen molar-refractivity contribution < 1.29 is 4.39 Å². The molecular formula is C6H8ClFN2. The smallest absolute Gasteiger partial charge is 0.163 e. The summed E-state index contributed by atoms with van der Waals surface area (Å²) in [5, 5.41) is 0.247. The molecule has 10 heavy (non-hydrogen) atoms. The van der Waals surface area contributed by atoms with Gasteiger partial charge in [0.1, 0.15) is 5.17 Å². The first kappa shape index (κ1) is 9.17. The van der Waals surface area contributed by atoms with E-state index in [-0.39, 0.29) is 10.9 Å². The number of rotatable bonds is 2. The molecule has 0 aliphatic heterocycles. The van der Waals surface area contributed by atoms with Gasteiger partial charge in [-0.25, -0.2) is 9.38 Å². The lowest BCUT2D eigenvalue weighted by Crippen LogP contribution is -1.93. The molecule has 0 unspecified atom stereocenters. The first-order valence-corrected chi connectivity index (χ1v) is 2.92. The monoisotopic (exact) mass is 162 g/mol. The average Bonchev–Trinajstić information content (AvgIpc) is 1.82. The van der Waals surface area contributed by atoms with Crippen molar-refractivity contribution in [3.8, 4) is 0 Å². The molecule has 0 heterocycles. The number of nitrogens with two attached hydrogens (primary N) is 1. The summed E-state index contributed by atoms with van der Waals surface area (Å²) in [5.41, 5.74) is 4.82. The van der Waals surface area contributed by atoms with E-state index in [4.69, 9.17) is 17.3 Å². The van der Waals surface area contributed by atoms with Crippen LogP contribution in [-0.2, 0) is 0 Å². The fourth-order valence-electron chi connectivity index (χ4n) is 0.229. The summed E-state index contributed by atoms with van der Waals surface area (Å²) in [7, 11) is 0. The van der Waals surface area contributed by atoms with Gasteiger partial charge >= 0.3 is 0 Å². The third-order valence-corrected chi connectivity index (χ3v) is 0.760. The predicted molar refractivity (Wildman–Crippen MR) is 41.5 cm³/mol. The Bertz CT molecular complexity index is 192. The van der Waals surface area contributed by atoms with Gasteiger partial charge in [-0.05, 0) is 6.92 Å². The lowest BCUT2D eigenvalue weighted by Gasteiger charge is -1.89. The van der Waals surface area contributed by atoms with Crippen LogP contribution in [0.2, 0.25) is 0 Å². The molecule has 0 amide bonds. The molecule has 0 saturated heterocycles. The van der Waals surface area contributed by atoms with Gasteiger partial charge in [-0.3, -0.25) is 0 Å². The first-order valence-electron chi connectivity index (χ1n) is 2.54. The third kappa shape index (κ3) is 4.09. The van der Waals surface area contributed by atoms with Gasteiger partial charge < -0.3 is 5.73 Å². The van der Waals surface area contributed by atoms with Crippen molar-refractivity contribution in [1.82, 2.24) is 0 Å². The van der Waals surface area contributed by atoms with Crippen LogP contribution in [0.3, 0.4) is 0 Å². The van der Waals surface area contributed by atoms with Gasteiger partial charge in [-0.15, -0.1) is 0 Å². The van der Waals surface area contributed by atoms with Gasteiger partial charge in [0.25, 0.3) is 0 Å². The Kier molecular flexibility index (Phi) is 3.72. The number of hydrogen-bond donors (Lipinski definition) is 1. The second-order valence-electron chi connectivity index (χ2n) is 1.63. The van der Waals surface area contributed by atoms with Gasteiger partial charge in [0.2, 0.25) is 0 Å². The Morgan fingerprint density at radius 2 is 2.30 bits per heavy atom. The summed E-state index contributed by atoms with van der Waals surface area (Å²) in [6.45, 7) is 4.69. The van der Waals surface area contributed by atoms with Crippen LogP contribution >= 0.6 is 11.6 Å². The largest absolute Gasteiger partial charge is 0.397 e. The Morgan fingerprint density at radius 3 is 2.60 bits per heavy atom. The molecule has 0 aliphatic rings. The molecule has 0 fully saturated rings. The molecule has 0 spiro atoms. The first-order chi connectivity index (χ1) is 4.54. The zero-order valence-corrected chi connectivity index (χ0v) is 6.32. The highest BCUT2D eigenvalue weighted by atomic mass is 35.5. The molecule has 0 saturated carbocycles. The molecule has 0 aliphatic carbocycles. The zero-order valence-electron chi connectivity index (χ0n) is 5.56. The number of allylic oxidation sites excluding steroid dienone is 1. The van der Waals surface area contributed by atoms with E-state index in [1.54, 1.807) is 0 Å². The average molecular weight is 163 g/mol. The van der Waals surface area contributed by atoms with Crippen molar-refractivity contribution in [2.45, 2.75) is 6.92 Å². The van der Waals surface area contributed by atoms with Crippen LogP contribution in [0, 0.1) is 0 Å². The molecular weight excluding hydrogens is 155 g/mol. The normalized spacial score (nSPS) is 13.5. The minimum Gasteiger partial charge on any atom is -0.397 e. The molecule has 2 nitrogen and oxygen atoms in total. The van der Waals surface area contributed by atoms with E-state index in [0.717, 1.165) is 6.20 Å². The van der Waals surface area contributed by atoms with Crippen molar-refractivity contribution in [1.29, 1.82) is 0 Å². The minimum atomic E-state index is -0.667. The Labute approximate surface area is 63.9 Å². The fraction of sp³-hybridized carbons (Fsp3) is 0.167. The number of nitrogens with zero attached hydrogens (tertiary/aromatic N) is 1. The van der Waals surface area contributed by atoms with Crippen LogP contribution in [0.15, 0.2) is 29.3 Å². The minimum absolute atomic E-state index is 0.151. The van der Waals surface area contributed by atoms with Crippen molar-refractivity contribution in [3.63, 3.8) is 0 Å². The van der Waals surface area contributed by atoms with Gasteiger partial charge in [-0.2, -0.15) is 0 Å². The van der Waals surface area contributed by atoms with Crippen LogP contribution in [0.5, 0.6) is 0 Å². The maximum Gasteiger partial charge on any atom is 0.163 e. The summed E-state index contributed by atoms with van der Waals surface area (Å²) in [6.07, 6.45) is 0.921. The van der Waals surface area contributed by atoms with Crippen LogP contribution < -0.4 is 5.73 Å². The van der Waals surface area contributed by atoms with Gasteiger partial charge in [0.05, 0.1) is 11.9 Å². The second-order valence-corrected chi connectivity index (χ2v) is 2.18. The molecule has 0 atom stereocenters. The van der Waals surface area contributed by atoms with Crippen LogP contribution in [0.4, 0.5) is 4.39 Å². The van der Waals surface area contributed by atoms with Crippen molar-refractivity contribution >= 4 is 16.8 Å². The highest BCUT2D eigenvalue weighted by Crippen LogP contribution is 2.02. The molecule has 0 rings (SSSR count). The summed E-state index contributed by atoms with van der Waals surface area (Å²) in [4.78, 5) is 3.45. The molecule has 2 N–H and O–H groups in total. The lowest BCUT2D eigenvalue weighted by atomic mass is 10.4. The van der Waals surface area contributed by atoms with Crippen molar-refractivity contribution in [2.24, 2.45) is 10.7 Å². The second kappa shape index (κ2) is 4.06. The molecule has 0 bridgehead atoms. The molecule has 0 aromatic carbocycles. The summed E-state index contributed by atoms with van der Waals surface area (Å²) >= 11 is 5.29. The van der Waals surface area contributed by atoms with E-state index in [1.165, 1.54) is 6.92 Å². The van der Waals surface area contributed by atoms with Gasteiger partial charge in [0, 0.05) is 0 Å². The van der Waals surface area contributed by atoms with E-state index >= 15 is 0 Å². The maximum absolute atomic E-state index is 12.4. The van der Waals surface area contributed by atoms with Gasteiger partial charge in [-0.1, -0.05) is 18.2 Å². The number of halogens is 2. The van der Waals surface area contributed by atoms with E-state index in [0.29, 0.717) is 0 Å². The topological polar surface area (TPSA) is 38.4 Å². The van der Waals surface area contributed by atoms with Crippen LogP contribution in [-0.4, -0.2) is 5.17 Å². The number of hydrogen-bond acceptors (Lipinski definition) is 2. The van der Waals surface area contributed by atoms with Crippen molar-refractivity contribution in [3.05, 3.63) is 24.3 Å². The van der Waals surface area contributed by atoms with E-state index in [2.05, 4.69) is 11.6 Å². The van der Waals surface area contributed by atoms with Gasteiger partial charge in [0.15, 0.2) is 5.83 Å². The summed E-state index contributed by atoms with van der Waals surface area (Å²) in [5.74, 6) is -0.667. The summed E-state index contributed by atoms with van der Waals surface area (Å²) < 4.78 is 12.4.